The molecule has 90 valence electrons. The van der Waals surface area contributed by atoms with Crippen LogP contribution >= 0.6 is 11.6 Å². The number of rotatable bonds is 2. The van der Waals surface area contributed by atoms with Crippen LogP contribution in [0, 0.1) is 20.8 Å². The minimum atomic E-state index is 0.301. The van der Waals surface area contributed by atoms with Gasteiger partial charge in [-0.2, -0.15) is 10.1 Å². The normalized spacial score (nSPS) is 10.6. The number of hydrazine groups is 1. The topological polar surface area (TPSA) is 81.7 Å². The number of nitrogens with zero attached hydrogens (tertiary/aromatic N) is 4. The second-order valence-electron chi connectivity index (χ2n) is 3.72. The van der Waals surface area contributed by atoms with Crippen LogP contribution in [0.4, 0.5) is 5.95 Å². The van der Waals surface area contributed by atoms with Crippen molar-refractivity contribution in [2.75, 3.05) is 5.43 Å². The van der Waals surface area contributed by atoms with Gasteiger partial charge in [-0.3, -0.25) is 5.43 Å². The third kappa shape index (κ3) is 1.96. The highest BCUT2D eigenvalue weighted by Crippen LogP contribution is 2.22. The molecule has 0 aliphatic carbocycles. The molecule has 0 bridgehead atoms. The monoisotopic (exact) mass is 252 g/mol. The lowest BCUT2D eigenvalue weighted by Gasteiger charge is -2.07. The maximum Gasteiger partial charge on any atom is 0.239 e. The van der Waals surface area contributed by atoms with Crippen LogP contribution in [0.5, 0.6) is 0 Å². The van der Waals surface area contributed by atoms with Crippen molar-refractivity contribution in [3.05, 3.63) is 28.2 Å². The summed E-state index contributed by atoms with van der Waals surface area (Å²) < 4.78 is 1.69. The lowest BCUT2D eigenvalue weighted by Crippen LogP contribution is -2.13. The minimum absolute atomic E-state index is 0.301. The first-order chi connectivity index (χ1) is 8.04. The third-order valence-corrected chi connectivity index (χ3v) is 2.98. The standard InChI is InChI=1S/C10H13ClN6/c1-5-6(2)16-17(7(5)3)9-8(11)4-13-10(14-9)15-12/h4H,12H2,1-3H3,(H,13,14,15). The van der Waals surface area contributed by atoms with Gasteiger partial charge in [0.2, 0.25) is 5.95 Å². The van der Waals surface area contributed by atoms with E-state index in [2.05, 4.69) is 20.5 Å². The number of halogens is 1. The molecule has 0 radical (unpaired) electrons. The number of hydrogen-bond donors (Lipinski definition) is 2. The van der Waals surface area contributed by atoms with E-state index in [9.17, 15) is 0 Å². The summed E-state index contributed by atoms with van der Waals surface area (Å²) in [6.07, 6.45) is 1.49. The third-order valence-electron chi connectivity index (χ3n) is 2.71. The lowest BCUT2D eigenvalue weighted by atomic mass is 10.2. The summed E-state index contributed by atoms with van der Waals surface area (Å²) >= 11 is 6.07. The Bertz CT molecular complexity index is 562. The van der Waals surface area contributed by atoms with Gasteiger partial charge in [-0.1, -0.05) is 11.6 Å². The Balaban J connectivity index is 2.63. The molecular formula is C10H13ClN6. The zero-order valence-electron chi connectivity index (χ0n) is 9.82. The van der Waals surface area contributed by atoms with E-state index in [0.717, 1.165) is 17.0 Å². The predicted octanol–water partition coefficient (Wildman–Crippen LogP) is 1.53. The largest absolute Gasteiger partial charge is 0.292 e. The van der Waals surface area contributed by atoms with Gasteiger partial charge in [0, 0.05) is 5.69 Å². The first-order valence-electron chi connectivity index (χ1n) is 5.07. The molecule has 0 unspecified atom stereocenters. The number of aryl methyl sites for hydroxylation is 1. The van der Waals surface area contributed by atoms with Crippen LogP contribution in [-0.4, -0.2) is 19.7 Å². The molecule has 2 aromatic rings. The van der Waals surface area contributed by atoms with Crippen LogP contribution in [0.2, 0.25) is 5.02 Å². The fourth-order valence-electron chi connectivity index (χ4n) is 1.50. The molecule has 2 heterocycles. The van der Waals surface area contributed by atoms with Crippen molar-refractivity contribution in [1.29, 1.82) is 0 Å². The molecule has 6 nitrogen and oxygen atoms in total. The number of hydrogen-bond acceptors (Lipinski definition) is 5. The van der Waals surface area contributed by atoms with Crippen LogP contribution in [-0.2, 0) is 0 Å². The molecule has 0 saturated carbocycles. The molecule has 2 aromatic heterocycles. The van der Waals surface area contributed by atoms with E-state index >= 15 is 0 Å². The molecule has 2 rings (SSSR count). The molecule has 0 spiro atoms. The Morgan fingerprint density at radius 1 is 1.35 bits per heavy atom. The molecule has 0 amide bonds. The van der Waals surface area contributed by atoms with Crippen LogP contribution < -0.4 is 11.3 Å². The molecule has 0 aliphatic heterocycles. The van der Waals surface area contributed by atoms with Gasteiger partial charge >= 0.3 is 0 Å². The van der Waals surface area contributed by atoms with E-state index in [1.807, 2.05) is 20.8 Å². The highest BCUT2D eigenvalue weighted by molar-refractivity contribution is 6.32. The highest BCUT2D eigenvalue weighted by atomic mass is 35.5. The van der Waals surface area contributed by atoms with Gasteiger partial charge in [0.25, 0.3) is 0 Å². The van der Waals surface area contributed by atoms with Crippen molar-refractivity contribution < 1.29 is 0 Å². The van der Waals surface area contributed by atoms with Crippen molar-refractivity contribution in [2.45, 2.75) is 20.8 Å². The highest BCUT2D eigenvalue weighted by Gasteiger charge is 2.13. The molecule has 3 N–H and O–H groups in total. The first kappa shape index (κ1) is 11.8. The van der Waals surface area contributed by atoms with Crippen LogP contribution in [0.25, 0.3) is 5.82 Å². The minimum Gasteiger partial charge on any atom is -0.292 e. The molecule has 0 aliphatic rings. The van der Waals surface area contributed by atoms with Gasteiger partial charge in [0.15, 0.2) is 5.82 Å². The van der Waals surface area contributed by atoms with Gasteiger partial charge in [-0.25, -0.2) is 15.5 Å². The van der Waals surface area contributed by atoms with Crippen LogP contribution in [0.1, 0.15) is 17.0 Å². The summed E-state index contributed by atoms with van der Waals surface area (Å²) in [5.41, 5.74) is 5.43. The molecule has 0 aromatic carbocycles. The van der Waals surface area contributed by atoms with E-state index in [-0.39, 0.29) is 0 Å². The second kappa shape index (κ2) is 4.31. The van der Waals surface area contributed by atoms with Gasteiger partial charge in [-0.15, -0.1) is 0 Å². The summed E-state index contributed by atoms with van der Waals surface area (Å²) in [4.78, 5) is 8.12. The van der Waals surface area contributed by atoms with Gasteiger partial charge in [-0.05, 0) is 26.3 Å². The summed E-state index contributed by atoms with van der Waals surface area (Å²) in [5.74, 6) is 6.09. The Kier molecular flexibility index (Phi) is 2.99. The van der Waals surface area contributed by atoms with Gasteiger partial charge in [0.1, 0.15) is 5.02 Å². The van der Waals surface area contributed by atoms with E-state index in [4.69, 9.17) is 17.4 Å². The summed E-state index contributed by atoms with van der Waals surface area (Å²) in [5, 5.41) is 4.82. The first-order valence-corrected chi connectivity index (χ1v) is 5.44. The smallest absolute Gasteiger partial charge is 0.239 e. The van der Waals surface area contributed by atoms with E-state index < -0.39 is 0 Å². The van der Waals surface area contributed by atoms with E-state index in [1.54, 1.807) is 4.68 Å². The SMILES string of the molecule is Cc1nn(-c2nc(NN)ncc2Cl)c(C)c1C. The van der Waals surface area contributed by atoms with Gasteiger partial charge in [0.05, 0.1) is 11.9 Å². The Morgan fingerprint density at radius 3 is 2.59 bits per heavy atom. The van der Waals surface area contributed by atoms with Crippen molar-refractivity contribution in [3.63, 3.8) is 0 Å². The summed E-state index contributed by atoms with van der Waals surface area (Å²) in [6.45, 7) is 5.91. The maximum absolute atomic E-state index is 6.07. The van der Waals surface area contributed by atoms with Crippen LogP contribution in [0.15, 0.2) is 6.20 Å². The van der Waals surface area contributed by atoms with E-state index in [1.165, 1.54) is 6.20 Å². The molecule has 0 atom stereocenters. The molecule has 7 heteroatoms. The number of nitrogens with one attached hydrogen (secondary N) is 1. The fourth-order valence-corrected chi connectivity index (χ4v) is 1.67. The number of anilines is 1. The molecule has 0 fully saturated rings. The van der Waals surface area contributed by atoms with Crippen molar-refractivity contribution >= 4 is 17.5 Å². The average molecular weight is 253 g/mol. The second-order valence-corrected chi connectivity index (χ2v) is 4.12. The molecule has 17 heavy (non-hydrogen) atoms. The average Bonchev–Trinajstić information content (AvgIpc) is 2.58. The number of nitrogen functional groups attached to an aromatic ring is 1. The zero-order valence-corrected chi connectivity index (χ0v) is 10.6. The Hall–Kier alpha value is -1.66. The Morgan fingerprint density at radius 2 is 2.06 bits per heavy atom. The number of nitrogens with two attached hydrogens (primary N) is 1. The van der Waals surface area contributed by atoms with Crippen molar-refractivity contribution in [3.8, 4) is 5.82 Å². The predicted molar refractivity (Wildman–Crippen MR) is 66.2 cm³/mol. The van der Waals surface area contributed by atoms with Crippen LogP contribution in [0.3, 0.4) is 0 Å². The maximum atomic E-state index is 6.07. The Labute approximate surface area is 104 Å². The fraction of sp³-hybridized carbons (Fsp3) is 0.300. The van der Waals surface area contributed by atoms with E-state index in [0.29, 0.717) is 16.8 Å². The molecular weight excluding hydrogens is 240 g/mol. The number of aromatic nitrogens is 4. The quantitative estimate of drug-likeness (QED) is 0.626. The summed E-state index contributed by atoms with van der Waals surface area (Å²) in [6, 6.07) is 0. The molecule has 0 saturated heterocycles. The summed E-state index contributed by atoms with van der Waals surface area (Å²) in [7, 11) is 0. The lowest BCUT2D eigenvalue weighted by molar-refractivity contribution is 0.801. The van der Waals surface area contributed by atoms with Gasteiger partial charge < -0.3 is 0 Å². The van der Waals surface area contributed by atoms with Crippen molar-refractivity contribution in [1.82, 2.24) is 19.7 Å². The van der Waals surface area contributed by atoms with Crippen molar-refractivity contribution in [2.24, 2.45) is 5.84 Å². The zero-order chi connectivity index (χ0) is 12.6.